The van der Waals surface area contributed by atoms with Gasteiger partial charge in [-0.05, 0) is 42.7 Å². The summed E-state index contributed by atoms with van der Waals surface area (Å²) >= 11 is 0. The number of aromatic nitrogens is 1. The molecule has 6 nitrogen and oxygen atoms in total. The second-order valence-corrected chi connectivity index (χ2v) is 7.43. The fourth-order valence-corrected chi connectivity index (χ4v) is 4.08. The maximum atomic E-state index is 13.0. The number of rotatable bonds is 6. The maximum absolute atomic E-state index is 13.0. The van der Waals surface area contributed by atoms with Gasteiger partial charge in [0.15, 0.2) is 0 Å². The van der Waals surface area contributed by atoms with E-state index in [1.807, 2.05) is 6.92 Å². The molecule has 0 bridgehead atoms. The molecule has 0 spiro atoms. The van der Waals surface area contributed by atoms with Crippen LogP contribution in [0.1, 0.15) is 41.4 Å². The zero-order valence-electron chi connectivity index (χ0n) is 13.8. The largest absolute Gasteiger partial charge is 0.478 e. The Hall–Kier alpha value is -2.25. The number of hydrogen-bond donors (Lipinski definition) is 1. The van der Waals surface area contributed by atoms with E-state index in [0.717, 1.165) is 5.56 Å². The molecule has 0 aliphatic heterocycles. The SMILES string of the molecule is CCc1ccc(C(=O)O)cc1S(=O)(=O)N(C)C(C)c1cccnc1. The van der Waals surface area contributed by atoms with Crippen molar-refractivity contribution >= 4 is 16.0 Å². The zero-order chi connectivity index (χ0) is 17.9. The number of nitrogens with zero attached hydrogens (tertiary/aromatic N) is 2. The summed E-state index contributed by atoms with van der Waals surface area (Å²) < 4.78 is 27.3. The number of carboxylic acid groups (broad SMARTS) is 1. The molecule has 2 aromatic rings. The van der Waals surface area contributed by atoms with Gasteiger partial charge in [-0.3, -0.25) is 4.98 Å². The molecule has 2 rings (SSSR count). The molecule has 1 unspecified atom stereocenters. The van der Waals surface area contributed by atoms with Gasteiger partial charge in [-0.1, -0.05) is 19.1 Å². The van der Waals surface area contributed by atoms with Gasteiger partial charge in [0.05, 0.1) is 10.5 Å². The molecule has 1 atom stereocenters. The molecule has 7 heteroatoms. The van der Waals surface area contributed by atoms with Crippen molar-refractivity contribution in [3.05, 3.63) is 59.4 Å². The topological polar surface area (TPSA) is 87.6 Å². The lowest BCUT2D eigenvalue weighted by Crippen LogP contribution is -2.30. The van der Waals surface area contributed by atoms with Crippen LogP contribution in [0.25, 0.3) is 0 Å². The quantitative estimate of drug-likeness (QED) is 0.867. The van der Waals surface area contributed by atoms with E-state index < -0.39 is 22.0 Å². The van der Waals surface area contributed by atoms with Gasteiger partial charge in [-0.25, -0.2) is 13.2 Å². The summed E-state index contributed by atoms with van der Waals surface area (Å²) in [5, 5.41) is 9.15. The Morgan fingerprint density at radius 2 is 2.04 bits per heavy atom. The molecule has 1 aromatic heterocycles. The van der Waals surface area contributed by atoms with Crippen LogP contribution in [0.4, 0.5) is 0 Å². The maximum Gasteiger partial charge on any atom is 0.335 e. The van der Waals surface area contributed by atoms with Gasteiger partial charge in [0.1, 0.15) is 0 Å². The Morgan fingerprint density at radius 1 is 1.33 bits per heavy atom. The first-order valence-corrected chi connectivity index (χ1v) is 8.97. The fraction of sp³-hybridized carbons (Fsp3) is 0.294. The van der Waals surface area contributed by atoms with Gasteiger partial charge in [-0.15, -0.1) is 0 Å². The number of aryl methyl sites for hydroxylation is 1. The summed E-state index contributed by atoms with van der Waals surface area (Å²) in [4.78, 5) is 15.2. The molecule has 0 fully saturated rings. The highest BCUT2D eigenvalue weighted by Crippen LogP contribution is 2.28. The van der Waals surface area contributed by atoms with Gasteiger partial charge >= 0.3 is 5.97 Å². The average molecular weight is 348 g/mol. The smallest absolute Gasteiger partial charge is 0.335 e. The van der Waals surface area contributed by atoms with Crippen molar-refractivity contribution in [2.75, 3.05) is 7.05 Å². The van der Waals surface area contributed by atoms with Crippen LogP contribution in [-0.2, 0) is 16.4 Å². The minimum absolute atomic E-state index is 0.0307. The number of pyridine rings is 1. The Balaban J connectivity index is 2.49. The second-order valence-electron chi connectivity index (χ2n) is 5.46. The minimum Gasteiger partial charge on any atom is -0.478 e. The Labute approximate surface area is 141 Å². The zero-order valence-corrected chi connectivity index (χ0v) is 14.6. The van der Waals surface area contributed by atoms with Crippen LogP contribution in [0.15, 0.2) is 47.6 Å². The van der Waals surface area contributed by atoms with Gasteiger partial charge in [-0.2, -0.15) is 4.31 Å². The van der Waals surface area contributed by atoms with Gasteiger partial charge in [0, 0.05) is 25.5 Å². The number of sulfonamides is 1. The lowest BCUT2D eigenvalue weighted by molar-refractivity contribution is 0.0696. The molecule has 1 N–H and O–H groups in total. The summed E-state index contributed by atoms with van der Waals surface area (Å²) in [5.74, 6) is -1.16. The minimum atomic E-state index is -3.84. The summed E-state index contributed by atoms with van der Waals surface area (Å²) in [7, 11) is -2.36. The standard InChI is InChI=1S/C17H20N2O4S/c1-4-13-7-8-14(17(20)21)10-16(13)24(22,23)19(3)12(2)15-6-5-9-18-11-15/h5-12H,4H2,1-3H3,(H,20,21). The fourth-order valence-electron chi connectivity index (χ4n) is 2.42. The lowest BCUT2D eigenvalue weighted by atomic mass is 10.1. The van der Waals surface area contributed by atoms with Crippen LogP contribution in [-0.4, -0.2) is 35.8 Å². The van der Waals surface area contributed by atoms with Crippen LogP contribution in [0.2, 0.25) is 0 Å². The van der Waals surface area contributed by atoms with Crippen LogP contribution in [0.3, 0.4) is 0 Å². The highest BCUT2D eigenvalue weighted by molar-refractivity contribution is 7.89. The van der Waals surface area contributed by atoms with E-state index in [1.165, 1.54) is 23.5 Å². The predicted octanol–water partition coefficient (Wildman–Crippen LogP) is 2.72. The molecular weight excluding hydrogens is 328 g/mol. The number of carbonyl (C=O) groups is 1. The summed E-state index contributed by atoms with van der Waals surface area (Å²) in [5.41, 5.74) is 1.30. The third-order valence-electron chi connectivity index (χ3n) is 4.06. The van der Waals surface area contributed by atoms with Crippen molar-refractivity contribution in [1.29, 1.82) is 0 Å². The Bertz CT molecular complexity index is 835. The van der Waals surface area contributed by atoms with Gasteiger partial charge in [0.2, 0.25) is 10.0 Å². The number of carboxylic acids is 1. The number of benzene rings is 1. The molecule has 0 saturated carbocycles. The van der Waals surface area contributed by atoms with E-state index in [-0.39, 0.29) is 10.5 Å². The summed E-state index contributed by atoms with van der Waals surface area (Å²) in [6, 6.07) is 7.32. The van der Waals surface area contributed by atoms with Crippen LogP contribution < -0.4 is 0 Å². The van der Waals surface area contributed by atoms with Crippen molar-refractivity contribution in [3.8, 4) is 0 Å². The average Bonchev–Trinajstić information content (AvgIpc) is 2.60. The molecular formula is C17H20N2O4S. The molecule has 1 aromatic carbocycles. The first-order valence-electron chi connectivity index (χ1n) is 7.53. The van der Waals surface area contributed by atoms with Gasteiger partial charge < -0.3 is 5.11 Å². The number of hydrogen-bond acceptors (Lipinski definition) is 4. The van der Waals surface area contributed by atoms with E-state index in [0.29, 0.717) is 12.0 Å². The number of aromatic carboxylic acids is 1. The van der Waals surface area contributed by atoms with E-state index in [9.17, 15) is 13.2 Å². The van der Waals surface area contributed by atoms with E-state index in [2.05, 4.69) is 4.98 Å². The van der Waals surface area contributed by atoms with Crippen molar-refractivity contribution in [1.82, 2.24) is 9.29 Å². The highest BCUT2D eigenvalue weighted by atomic mass is 32.2. The predicted molar refractivity (Wildman–Crippen MR) is 90.4 cm³/mol. The summed E-state index contributed by atoms with van der Waals surface area (Å²) in [6.45, 7) is 3.60. The molecule has 1 heterocycles. The molecule has 0 aliphatic carbocycles. The molecule has 0 amide bonds. The molecule has 0 saturated heterocycles. The Kier molecular flexibility index (Phi) is 5.36. The Morgan fingerprint density at radius 3 is 2.58 bits per heavy atom. The molecule has 0 aliphatic rings. The first-order chi connectivity index (χ1) is 11.3. The van der Waals surface area contributed by atoms with E-state index in [4.69, 9.17) is 5.11 Å². The normalized spacial score (nSPS) is 13.0. The van der Waals surface area contributed by atoms with Crippen LogP contribution >= 0.6 is 0 Å². The molecule has 24 heavy (non-hydrogen) atoms. The van der Waals surface area contributed by atoms with Crippen molar-refractivity contribution in [3.63, 3.8) is 0 Å². The monoisotopic (exact) mass is 348 g/mol. The van der Waals surface area contributed by atoms with Gasteiger partial charge in [0.25, 0.3) is 0 Å². The van der Waals surface area contributed by atoms with E-state index >= 15 is 0 Å². The van der Waals surface area contributed by atoms with Crippen molar-refractivity contribution in [2.45, 2.75) is 31.2 Å². The lowest BCUT2D eigenvalue weighted by Gasteiger charge is -2.25. The van der Waals surface area contributed by atoms with E-state index in [1.54, 1.807) is 37.5 Å². The third-order valence-corrected chi connectivity index (χ3v) is 6.07. The van der Waals surface area contributed by atoms with Crippen molar-refractivity contribution < 1.29 is 18.3 Å². The van der Waals surface area contributed by atoms with Crippen LogP contribution in [0.5, 0.6) is 0 Å². The van der Waals surface area contributed by atoms with Crippen molar-refractivity contribution in [2.24, 2.45) is 0 Å². The second kappa shape index (κ2) is 7.11. The molecule has 128 valence electrons. The first kappa shape index (κ1) is 18.1. The third kappa shape index (κ3) is 3.47. The summed E-state index contributed by atoms with van der Waals surface area (Å²) in [6.07, 6.45) is 3.73. The molecule has 0 radical (unpaired) electrons. The van der Waals surface area contributed by atoms with Crippen LogP contribution in [0, 0.1) is 0 Å². The highest BCUT2D eigenvalue weighted by Gasteiger charge is 2.29.